The number of amidine groups is 1. The van der Waals surface area contributed by atoms with E-state index in [2.05, 4.69) is 5.16 Å². The molecular formula is C14H20FN3O3. The number of halogens is 1. The molecule has 1 atom stereocenters. The number of hydrogen-bond donors (Lipinski definition) is 2. The summed E-state index contributed by atoms with van der Waals surface area (Å²) in [6, 6.07) is 4.60. The van der Waals surface area contributed by atoms with Gasteiger partial charge in [0, 0.05) is 7.05 Å². The van der Waals surface area contributed by atoms with Crippen LogP contribution >= 0.6 is 0 Å². The van der Waals surface area contributed by atoms with Crippen molar-refractivity contribution in [1.82, 2.24) is 4.90 Å². The van der Waals surface area contributed by atoms with E-state index in [-0.39, 0.29) is 5.84 Å². The van der Waals surface area contributed by atoms with Crippen molar-refractivity contribution in [2.75, 3.05) is 7.05 Å². The van der Waals surface area contributed by atoms with Gasteiger partial charge in [-0.25, -0.2) is 9.18 Å². The van der Waals surface area contributed by atoms with Gasteiger partial charge in [0.05, 0.1) is 0 Å². The van der Waals surface area contributed by atoms with Gasteiger partial charge in [-0.3, -0.25) is 4.90 Å². The Morgan fingerprint density at radius 3 is 2.57 bits per heavy atom. The van der Waals surface area contributed by atoms with Gasteiger partial charge in [-0.2, -0.15) is 0 Å². The molecule has 116 valence electrons. The molecule has 0 heterocycles. The molecule has 1 unspecified atom stereocenters. The maximum atomic E-state index is 13.4. The van der Waals surface area contributed by atoms with Gasteiger partial charge in [0.15, 0.2) is 5.84 Å². The first kappa shape index (κ1) is 16.7. The van der Waals surface area contributed by atoms with Crippen LogP contribution in [0.2, 0.25) is 0 Å². The average molecular weight is 297 g/mol. The minimum Gasteiger partial charge on any atom is -0.444 e. The van der Waals surface area contributed by atoms with Crippen molar-refractivity contribution >= 4 is 11.9 Å². The zero-order valence-corrected chi connectivity index (χ0v) is 12.5. The van der Waals surface area contributed by atoms with E-state index in [9.17, 15) is 9.18 Å². The first-order valence-electron chi connectivity index (χ1n) is 6.34. The summed E-state index contributed by atoms with van der Waals surface area (Å²) in [6.45, 7) is 5.16. The van der Waals surface area contributed by atoms with Gasteiger partial charge in [0.1, 0.15) is 17.5 Å². The maximum Gasteiger partial charge on any atom is 0.410 e. The number of benzene rings is 1. The molecule has 0 aliphatic rings. The molecule has 0 aliphatic heterocycles. The lowest BCUT2D eigenvalue weighted by Gasteiger charge is -2.30. The highest BCUT2D eigenvalue weighted by atomic mass is 19.1. The summed E-state index contributed by atoms with van der Waals surface area (Å²) in [5.41, 5.74) is 5.31. The van der Waals surface area contributed by atoms with Gasteiger partial charge in [-0.05, 0) is 38.5 Å². The fourth-order valence-corrected chi connectivity index (χ4v) is 1.76. The molecule has 3 N–H and O–H groups in total. The Balaban J connectivity index is 3.12. The highest BCUT2D eigenvalue weighted by Gasteiger charge is 2.29. The summed E-state index contributed by atoms with van der Waals surface area (Å²) in [6.07, 6.45) is -0.664. The van der Waals surface area contributed by atoms with Crippen LogP contribution in [-0.4, -0.2) is 34.7 Å². The van der Waals surface area contributed by atoms with E-state index in [0.29, 0.717) is 5.56 Å². The van der Waals surface area contributed by atoms with E-state index >= 15 is 0 Å². The van der Waals surface area contributed by atoms with Gasteiger partial charge in [0.25, 0.3) is 0 Å². The van der Waals surface area contributed by atoms with Crippen LogP contribution in [0.4, 0.5) is 9.18 Å². The van der Waals surface area contributed by atoms with Crippen LogP contribution < -0.4 is 5.73 Å². The zero-order chi connectivity index (χ0) is 16.2. The van der Waals surface area contributed by atoms with E-state index in [1.165, 1.54) is 25.2 Å². The topological polar surface area (TPSA) is 88.2 Å². The van der Waals surface area contributed by atoms with E-state index < -0.39 is 23.6 Å². The van der Waals surface area contributed by atoms with Crippen LogP contribution in [0.15, 0.2) is 29.4 Å². The van der Waals surface area contributed by atoms with E-state index in [4.69, 9.17) is 15.7 Å². The number of carbonyl (C=O) groups excluding carboxylic acids is 1. The molecule has 1 aromatic carbocycles. The van der Waals surface area contributed by atoms with Gasteiger partial charge < -0.3 is 15.7 Å². The third kappa shape index (κ3) is 4.62. The SMILES string of the molecule is CN(C(=O)OC(C)(C)C)C(/C(N)=N/O)c1cccc(F)c1. The lowest BCUT2D eigenvalue weighted by molar-refractivity contribution is 0.0263. The van der Waals surface area contributed by atoms with Crippen LogP contribution in [0.25, 0.3) is 0 Å². The molecular weight excluding hydrogens is 277 g/mol. The summed E-state index contributed by atoms with van der Waals surface area (Å²) in [7, 11) is 1.43. The van der Waals surface area contributed by atoms with Crippen molar-refractivity contribution < 1.29 is 19.1 Å². The number of rotatable bonds is 3. The van der Waals surface area contributed by atoms with Gasteiger partial charge in [0.2, 0.25) is 0 Å². The Labute approximate surface area is 123 Å². The smallest absolute Gasteiger partial charge is 0.410 e. The van der Waals surface area contributed by atoms with Crippen molar-refractivity contribution in [3.63, 3.8) is 0 Å². The molecule has 1 aromatic rings. The van der Waals surface area contributed by atoms with Gasteiger partial charge in [-0.1, -0.05) is 17.3 Å². The molecule has 0 aromatic heterocycles. The minimum atomic E-state index is -0.930. The van der Waals surface area contributed by atoms with Gasteiger partial charge in [-0.15, -0.1) is 0 Å². The predicted octanol–water partition coefficient (Wildman–Crippen LogP) is 2.48. The van der Waals surface area contributed by atoms with Crippen LogP contribution in [0, 0.1) is 5.82 Å². The summed E-state index contributed by atoms with van der Waals surface area (Å²) >= 11 is 0. The summed E-state index contributed by atoms with van der Waals surface area (Å²) < 4.78 is 18.6. The average Bonchev–Trinajstić information content (AvgIpc) is 2.36. The Morgan fingerprint density at radius 1 is 1.48 bits per heavy atom. The normalized spacial score (nSPS) is 13.7. The molecule has 0 bridgehead atoms. The maximum absolute atomic E-state index is 13.4. The predicted molar refractivity (Wildman–Crippen MR) is 76.5 cm³/mol. The molecule has 1 amide bonds. The third-order valence-electron chi connectivity index (χ3n) is 2.63. The zero-order valence-electron chi connectivity index (χ0n) is 12.5. The number of ether oxygens (including phenoxy) is 1. The largest absolute Gasteiger partial charge is 0.444 e. The van der Waals surface area contributed by atoms with Crippen LogP contribution in [0.3, 0.4) is 0 Å². The molecule has 0 fully saturated rings. The summed E-state index contributed by atoms with van der Waals surface area (Å²) in [5, 5.41) is 11.8. The lowest BCUT2D eigenvalue weighted by atomic mass is 10.0. The van der Waals surface area contributed by atoms with Crippen LogP contribution in [0.5, 0.6) is 0 Å². The highest BCUT2D eigenvalue weighted by molar-refractivity contribution is 5.89. The molecule has 7 heteroatoms. The third-order valence-corrected chi connectivity index (χ3v) is 2.63. The van der Waals surface area contributed by atoms with Crippen molar-refractivity contribution in [3.8, 4) is 0 Å². The van der Waals surface area contributed by atoms with Crippen LogP contribution in [0.1, 0.15) is 32.4 Å². The minimum absolute atomic E-state index is 0.242. The van der Waals surface area contributed by atoms with Crippen molar-refractivity contribution in [3.05, 3.63) is 35.6 Å². The summed E-state index contributed by atoms with van der Waals surface area (Å²) in [5.74, 6) is -0.727. The molecule has 0 aliphatic carbocycles. The first-order valence-corrected chi connectivity index (χ1v) is 6.34. The Morgan fingerprint density at radius 2 is 2.10 bits per heavy atom. The Kier molecular flexibility index (Phi) is 5.12. The monoisotopic (exact) mass is 297 g/mol. The fourth-order valence-electron chi connectivity index (χ4n) is 1.76. The number of nitrogens with two attached hydrogens (primary N) is 1. The molecule has 0 spiro atoms. The quantitative estimate of drug-likeness (QED) is 0.388. The molecule has 6 nitrogen and oxygen atoms in total. The van der Waals surface area contributed by atoms with Crippen molar-refractivity contribution in [2.45, 2.75) is 32.4 Å². The van der Waals surface area contributed by atoms with Crippen molar-refractivity contribution in [1.29, 1.82) is 0 Å². The van der Waals surface area contributed by atoms with E-state index in [0.717, 1.165) is 4.90 Å². The number of nitrogens with zero attached hydrogens (tertiary/aromatic N) is 2. The Bertz CT molecular complexity index is 541. The molecule has 0 saturated carbocycles. The lowest BCUT2D eigenvalue weighted by Crippen LogP contribution is -2.42. The number of hydrogen-bond acceptors (Lipinski definition) is 4. The highest BCUT2D eigenvalue weighted by Crippen LogP contribution is 2.22. The number of oxime groups is 1. The number of amides is 1. The fraction of sp³-hybridized carbons (Fsp3) is 0.429. The second-order valence-electron chi connectivity index (χ2n) is 5.57. The Hall–Kier alpha value is -2.31. The number of carbonyl (C=O) groups is 1. The van der Waals surface area contributed by atoms with Crippen molar-refractivity contribution in [2.24, 2.45) is 10.9 Å². The second-order valence-corrected chi connectivity index (χ2v) is 5.57. The standard InChI is InChI=1S/C14H20FN3O3/c1-14(2,3)21-13(19)18(4)11(12(16)17-20)9-6-5-7-10(15)8-9/h5-8,11,20H,1-4H3,(H2,16,17). The van der Waals surface area contributed by atoms with Crippen LogP contribution in [-0.2, 0) is 4.74 Å². The molecule has 1 rings (SSSR count). The summed E-state index contributed by atoms with van der Waals surface area (Å²) in [4.78, 5) is 13.2. The number of likely N-dealkylation sites (N-methyl/N-ethyl adjacent to an activating group) is 1. The van der Waals surface area contributed by atoms with E-state index in [1.807, 2.05) is 0 Å². The molecule has 0 radical (unpaired) electrons. The second kappa shape index (κ2) is 6.43. The van der Waals surface area contributed by atoms with Gasteiger partial charge >= 0.3 is 6.09 Å². The first-order chi connectivity index (χ1) is 9.65. The molecule has 21 heavy (non-hydrogen) atoms. The van der Waals surface area contributed by atoms with E-state index in [1.54, 1.807) is 26.8 Å². The molecule has 0 saturated heterocycles.